The quantitative estimate of drug-likeness (QED) is 0.0222. The highest BCUT2D eigenvalue weighted by atomic mass is 31.2. The Bertz CT molecular complexity index is 1730. The fraction of sp³-hybridized carbons (Fsp3) is 0.943. The Kier molecular flexibility index (Phi) is 60.8. The van der Waals surface area contributed by atoms with E-state index in [2.05, 4.69) is 41.5 Å². The molecule has 0 radical (unpaired) electrons. The van der Waals surface area contributed by atoms with E-state index in [9.17, 15) is 43.2 Å². The van der Waals surface area contributed by atoms with E-state index in [1.165, 1.54) is 167 Å². The lowest BCUT2D eigenvalue weighted by Crippen LogP contribution is -2.30. The van der Waals surface area contributed by atoms with Crippen molar-refractivity contribution >= 4 is 39.5 Å². The van der Waals surface area contributed by atoms with Gasteiger partial charge in [0.15, 0.2) is 12.2 Å². The number of phosphoric acid groups is 2. The van der Waals surface area contributed by atoms with E-state index in [-0.39, 0.29) is 25.7 Å². The molecule has 89 heavy (non-hydrogen) atoms. The van der Waals surface area contributed by atoms with Gasteiger partial charge in [0.05, 0.1) is 26.4 Å². The predicted molar refractivity (Wildman–Crippen MR) is 358 cm³/mol. The standard InChI is InChI=1S/C70H136O17P2/c1-7-9-11-13-14-28-36-42-48-54-69(74)86-65(58-80-67(72)52-46-38-12-10-8-2)60-84-88(76,77)82-56-64(71)57-83-89(78,79)85-61-66(59-81-68(73)53-47-41-35-31-26-22-19-18-21-25-30-34-40-45-51-63(5)6)87-70(75)55-49-43-37-32-27-23-17-15-16-20-24-29-33-39-44-50-62(3)4/h62-66,71H,7-61H2,1-6H3,(H,76,77)(H,78,79)/t64-,65+,66+/m0/s1. The summed E-state index contributed by atoms with van der Waals surface area (Å²) in [4.78, 5) is 72.2. The second-order valence-electron chi connectivity index (χ2n) is 26.2. The molecule has 5 atom stereocenters. The van der Waals surface area contributed by atoms with Gasteiger partial charge in [-0.1, -0.05) is 305 Å². The van der Waals surface area contributed by atoms with E-state index < -0.39 is 97.5 Å². The Morgan fingerprint density at radius 1 is 0.303 bits per heavy atom. The number of phosphoric ester groups is 2. The minimum atomic E-state index is -4.95. The maximum absolute atomic E-state index is 13.0. The predicted octanol–water partition coefficient (Wildman–Crippen LogP) is 20.0. The Hall–Kier alpha value is -1.94. The number of ether oxygens (including phenoxy) is 4. The summed E-state index contributed by atoms with van der Waals surface area (Å²) in [5, 5.41) is 10.5. The molecule has 0 saturated carbocycles. The second-order valence-corrected chi connectivity index (χ2v) is 29.1. The van der Waals surface area contributed by atoms with Gasteiger partial charge >= 0.3 is 39.5 Å². The minimum absolute atomic E-state index is 0.105. The lowest BCUT2D eigenvalue weighted by Gasteiger charge is -2.21. The molecule has 3 N–H and O–H groups in total. The van der Waals surface area contributed by atoms with Crippen LogP contribution in [0.25, 0.3) is 0 Å². The van der Waals surface area contributed by atoms with Crippen LogP contribution >= 0.6 is 15.6 Å². The molecule has 0 aromatic carbocycles. The molecule has 19 heteroatoms. The fourth-order valence-corrected chi connectivity index (χ4v) is 12.2. The van der Waals surface area contributed by atoms with Crippen molar-refractivity contribution in [2.24, 2.45) is 11.8 Å². The lowest BCUT2D eigenvalue weighted by atomic mass is 10.0. The van der Waals surface area contributed by atoms with Crippen LogP contribution in [0.15, 0.2) is 0 Å². The highest BCUT2D eigenvalue weighted by Crippen LogP contribution is 2.45. The maximum Gasteiger partial charge on any atom is 0.472 e. The number of aliphatic hydroxyl groups is 1. The summed E-state index contributed by atoms with van der Waals surface area (Å²) in [6.45, 7) is 9.49. The van der Waals surface area contributed by atoms with Gasteiger partial charge in [-0.3, -0.25) is 37.3 Å². The molecule has 0 aliphatic carbocycles. The Balaban J connectivity index is 5.13. The van der Waals surface area contributed by atoms with Crippen LogP contribution in [0, 0.1) is 11.8 Å². The highest BCUT2D eigenvalue weighted by molar-refractivity contribution is 7.47. The summed E-state index contributed by atoms with van der Waals surface area (Å²) in [5.41, 5.74) is 0. The number of esters is 4. The van der Waals surface area contributed by atoms with Gasteiger partial charge in [-0.2, -0.15) is 0 Å². The average Bonchev–Trinajstić information content (AvgIpc) is 3.71. The van der Waals surface area contributed by atoms with Crippen molar-refractivity contribution in [3.8, 4) is 0 Å². The van der Waals surface area contributed by atoms with E-state index in [1.54, 1.807) is 0 Å². The summed E-state index contributed by atoms with van der Waals surface area (Å²) in [6.07, 6.45) is 47.6. The first-order valence-electron chi connectivity index (χ1n) is 36.5. The summed E-state index contributed by atoms with van der Waals surface area (Å²) < 4.78 is 68.0. The number of aliphatic hydroxyl groups excluding tert-OH is 1. The molecule has 2 unspecified atom stereocenters. The SMILES string of the molecule is CCCCCCCCCCCC(=O)O[C@H](COC(=O)CCCCCCC)COP(=O)(O)OC[C@H](O)COP(=O)(O)OC[C@@H](COC(=O)CCCCCCCCCCCCCCCCC(C)C)OC(=O)CCCCCCCCCCCCCCCCCC(C)C. The normalized spacial score (nSPS) is 14.1. The number of carbonyl (C=O) groups excluding carboxylic acids is 4. The molecular weight excluding hydrogens is 1170 g/mol. The zero-order valence-corrected chi connectivity index (χ0v) is 59.5. The van der Waals surface area contributed by atoms with Gasteiger partial charge in [-0.05, 0) is 37.5 Å². The average molecular weight is 1310 g/mol. The lowest BCUT2D eigenvalue weighted by molar-refractivity contribution is -0.161. The fourth-order valence-electron chi connectivity index (χ4n) is 10.6. The van der Waals surface area contributed by atoms with Crippen molar-refractivity contribution in [2.45, 2.75) is 374 Å². The molecule has 0 bridgehead atoms. The molecular formula is C70H136O17P2. The molecule has 0 amide bonds. The minimum Gasteiger partial charge on any atom is -0.462 e. The molecule has 17 nitrogen and oxygen atoms in total. The molecule has 0 heterocycles. The largest absolute Gasteiger partial charge is 0.472 e. The van der Waals surface area contributed by atoms with Gasteiger partial charge in [0.2, 0.25) is 0 Å². The van der Waals surface area contributed by atoms with Gasteiger partial charge in [0.1, 0.15) is 19.3 Å². The van der Waals surface area contributed by atoms with Crippen LogP contribution in [0.5, 0.6) is 0 Å². The summed E-state index contributed by atoms with van der Waals surface area (Å²) in [6, 6.07) is 0. The molecule has 0 aliphatic rings. The van der Waals surface area contributed by atoms with E-state index >= 15 is 0 Å². The monoisotopic (exact) mass is 1310 g/mol. The Morgan fingerprint density at radius 3 is 0.764 bits per heavy atom. The van der Waals surface area contributed by atoms with Crippen molar-refractivity contribution in [3.05, 3.63) is 0 Å². The third kappa shape index (κ3) is 64.6. The molecule has 0 aromatic heterocycles. The topological polar surface area (TPSA) is 237 Å². The third-order valence-electron chi connectivity index (χ3n) is 16.2. The summed E-state index contributed by atoms with van der Waals surface area (Å²) >= 11 is 0. The van der Waals surface area contributed by atoms with Crippen molar-refractivity contribution in [2.75, 3.05) is 39.6 Å². The number of rotatable bonds is 69. The van der Waals surface area contributed by atoms with E-state index in [1.807, 2.05) is 0 Å². The zero-order valence-electron chi connectivity index (χ0n) is 57.7. The Labute approximate surface area is 543 Å². The van der Waals surface area contributed by atoms with Crippen molar-refractivity contribution in [3.63, 3.8) is 0 Å². The van der Waals surface area contributed by atoms with Crippen LogP contribution in [-0.2, 0) is 65.4 Å². The smallest absolute Gasteiger partial charge is 0.462 e. The second kappa shape index (κ2) is 62.2. The van der Waals surface area contributed by atoms with E-state index in [0.717, 1.165) is 108 Å². The van der Waals surface area contributed by atoms with Gasteiger partial charge in [0, 0.05) is 25.7 Å². The first-order valence-corrected chi connectivity index (χ1v) is 39.5. The number of hydrogen-bond donors (Lipinski definition) is 3. The first-order chi connectivity index (χ1) is 42.9. The van der Waals surface area contributed by atoms with Crippen molar-refractivity contribution in [1.82, 2.24) is 0 Å². The van der Waals surface area contributed by atoms with Gasteiger partial charge < -0.3 is 33.8 Å². The molecule has 528 valence electrons. The van der Waals surface area contributed by atoms with E-state index in [0.29, 0.717) is 25.7 Å². The number of unbranched alkanes of at least 4 members (excludes halogenated alkanes) is 39. The highest BCUT2D eigenvalue weighted by Gasteiger charge is 2.30. The summed E-state index contributed by atoms with van der Waals surface area (Å²) in [7, 11) is -9.89. The molecule has 0 spiro atoms. The van der Waals surface area contributed by atoms with Crippen LogP contribution in [0.4, 0.5) is 0 Å². The van der Waals surface area contributed by atoms with Crippen molar-refractivity contribution < 1.29 is 80.2 Å². The number of hydrogen-bond acceptors (Lipinski definition) is 15. The maximum atomic E-state index is 13.0. The molecule has 0 aliphatic heterocycles. The van der Waals surface area contributed by atoms with Gasteiger partial charge in [-0.25, -0.2) is 9.13 Å². The van der Waals surface area contributed by atoms with Gasteiger partial charge in [0.25, 0.3) is 0 Å². The molecule has 0 aromatic rings. The molecule has 0 fully saturated rings. The van der Waals surface area contributed by atoms with Crippen LogP contribution in [-0.4, -0.2) is 96.7 Å². The van der Waals surface area contributed by atoms with Gasteiger partial charge in [-0.15, -0.1) is 0 Å². The molecule has 0 rings (SSSR count). The molecule has 0 saturated heterocycles. The van der Waals surface area contributed by atoms with E-state index in [4.69, 9.17) is 37.0 Å². The first kappa shape index (κ1) is 87.1. The van der Waals surface area contributed by atoms with Crippen LogP contribution in [0.1, 0.15) is 356 Å². The van der Waals surface area contributed by atoms with Crippen LogP contribution in [0.2, 0.25) is 0 Å². The van der Waals surface area contributed by atoms with Crippen molar-refractivity contribution in [1.29, 1.82) is 0 Å². The number of carbonyl (C=O) groups is 4. The zero-order chi connectivity index (χ0) is 65.7. The Morgan fingerprint density at radius 2 is 0.517 bits per heavy atom. The van der Waals surface area contributed by atoms with Crippen LogP contribution < -0.4 is 0 Å². The summed E-state index contributed by atoms with van der Waals surface area (Å²) in [5.74, 6) is -0.535. The van der Waals surface area contributed by atoms with Crippen LogP contribution in [0.3, 0.4) is 0 Å². The third-order valence-corrected chi connectivity index (χ3v) is 18.1.